The van der Waals surface area contributed by atoms with Gasteiger partial charge >= 0.3 is 0 Å². The highest BCUT2D eigenvalue weighted by Gasteiger charge is 2.16. The van der Waals surface area contributed by atoms with Gasteiger partial charge in [-0.25, -0.2) is 4.98 Å². The van der Waals surface area contributed by atoms with Gasteiger partial charge in [-0.05, 0) is 49.1 Å². The van der Waals surface area contributed by atoms with Crippen LogP contribution in [0.3, 0.4) is 0 Å². The Labute approximate surface area is 136 Å². The molecule has 1 atom stereocenters. The van der Waals surface area contributed by atoms with E-state index in [1.165, 1.54) is 11.8 Å². The van der Waals surface area contributed by atoms with Crippen molar-refractivity contribution in [2.75, 3.05) is 11.1 Å². The van der Waals surface area contributed by atoms with Crippen LogP contribution in [0.15, 0.2) is 36.5 Å². The van der Waals surface area contributed by atoms with Crippen molar-refractivity contribution in [2.24, 2.45) is 0 Å². The normalized spacial score (nSPS) is 12.0. The summed E-state index contributed by atoms with van der Waals surface area (Å²) < 4.78 is 5.84. The number of nitrogens with two attached hydrogens (primary N) is 1. The molecule has 1 unspecified atom stereocenters. The van der Waals surface area contributed by atoms with Crippen molar-refractivity contribution in [2.45, 2.75) is 39.7 Å². The van der Waals surface area contributed by atoms with Gasteiger partial charge in [0.2, 0.25) is 0 Å². The van der Waals surface area contributed by atoms with E-state index < -0.39 is 6.10 Å². The van der Waals surface area contributed by atoms with Crippen LogP contribution in [0.25, 0.3) is 0 Å². The van der Waals surface area contributed by atoms with Crippen LogP contribution in [0.5, 0.6) is 5.75 Å². The number of aromatic nitrogens is 1. The Bertz CT molecular complexity index is 681. The molecule has 0 aliphatic carbocycles. The minimum absolute atomic E-state index is 0.231. The van der Waals surface area contributed by atoms with Gasteiger partial charge in [-0.15, -0.1) is 0 Å². The number of amides is 1. The van der Waals surface area contributed by atoms with Crippen LogP contribution in [0.4, 0.5) is 11.5 Å². The molecule has 1 aromatic heterocycles. The SMILES string of the molecule is Cc1ccc(C(C)C)cc1OC(C)C(=O)Nc1ccc(N)nc1. The average Bonchev–Trinajstić information content (AvgIpc) is 2.51. The second-order valence-corrected chi connectivity index (χ2v) is 5.90. The molecule has 5 heteroatoms. The van der Waals surface area contributed by atoms with Gasteiger partial charge in [0.25, 0.3) is 5.91 Å². The van der Waals surface area contributed by atoms with Crippen LogP contribution < -0.4 is 15.8 Å². The summed E-state index contributed by atoms with van der Waals surface area (Å²) in [7, 11) is 0. The van der Waals surface area contributed by atoms with Crippen molar-refractivity contribution in [1.29, 1.82) is 0 Å². The highest BCUT2D eigenvalue weighted by Crippen LogP contribution is 2.25. The second kappa shape index (κ2) is 7.13. The van der Waals surface area contributed by atoms with E-state index in [4.69, 9.17) is 10.5 Å². The molecule has 2 aromatic rings. The van der Waals surface area contributed by atoms with Crippen molar-refractivity contribution >= 4 is 17.4 Å². The van der Waals surface area contributed by atoms with Gasteiger partial charge in [-0.1, -0.05) is 26.0 Å². The molecule has 0 bridgehead atoms. The van der Waals surface area contributed by atoms with E-state index in [2.05, 4.69) is 30.2 Å². The van der Waals surface area contributed by atoms with Crippen molar-refractivity contribution < 1.29 is 9.53 Å². The molecule has 2 rings (SSSR count). The van der Waals surface area contributed by atoms with Gasteiger partial charge in [0, 0.05) is 0 Å². The van der Waals surface area contributed by atoms with Crippen molar-refractivity contribution in [1.82, 2.24) is 4.98 Å². The first-order valence-electron chi connectivity index (χ1n) is 7.66. The molecule has 1 heterocycles. The zero-order valence-corrected chi connectivity index (χ0v) is 14.0. The maximum atomic E-state index is 12.2. The Morgan fingerprint density at radius 1 is 1.22 bits per heavy atom. The zero-order valence-electron chi connectivity index (χ0n) is 14.0. The van der Waals surface area contributed by atoms with Crippen molar-refractivity contribution in [3.63, 3.8) is 0 Å². The smallest absolute Gasteiger partial charge is 0.265 e. The number of ether oxygens (including phenoxy) is 1. The standard InChI is InChI=1S/C18H23N3O2/c1-11(2)14-6-5-12(3)16(9-14)23-13(4)18(22)21-15-7-8-17(19)20-10-15/h5-11,13H,1-4H3,(H2,19,20)(H,21,22). The van der Waals surface area contributed by atoms with Crippen molar-refractivity contribution in [3.8, 4) is 5.75 Å². The van der Waals surface area contributed by atoms with Crippen LogP contribution in [0, 0.1) is 6.92 Å². The fraction of sp³-hybridized carbons (Fsp3) is 0.333. The molecule has 1 aromatic carbocycles. The number of rotatable bonds is 5. The fourth-order valence-corrected chi connectivity index (χ4v) is 2.07. The van der Waals surface area contributed by atoms with E-state index in [9.17, 15) is 4.79 Å². The van der Waals surface area contributed by atoms with Crippen LogP contribution >= 0.6 is 0 Å². The van der Waals surface area contributed by atoms with Crippen LogP contribution in [-0.2, 0) is 4.79 Å². The van der Waals surface area contributed by atoms with E-state index in [1.54, 1.807) is 19.1 Å². The first-order valence-corrected chi connectivity index (χ1v) is 7.66. The lowest BCUT2D eigenvalue weighted by Gasteiger charge is -2.18. The molecule has 0 spiro atoms. The third-order valence-corrected chi connectivity index (χ3v) is 3.61. The van der Waals surface area contributed by atoms with E-state index in [0.29, 0.717) is 17.4 Å². The molecule has 0 fully saturated rings. The summed E-state index contributed by atoms with van der Waals surface area (Å²) in [5.41, 5.74) is 8.30. The van der Waals surface area contributed by atoms with Crippen molar-refractivity contribution in [3.05, 3.63) is 47.7 Å². The van der Waals surface area contributed by atoms with Crippen LogP contribution in [0.2, 0.25) is 0 Å². The number of hydrogen-bond donors (Lipinski definition) is 2. The van der Waals surface area contributed by atoms with Gasteiger partial charge in [-0.2, -0.15) is 0 Å². The largest absolute Gasteiger partial charge is 0.481 e. The Morgan fingerprint density at radius 3 is 2.57 bits per heavy atom. The maximum Gasteiger partial charge on any atom is 0.265 e. The first kappa shape index (κ1) is 16.8. The number of nitrogens with one attached hydrogen (secondary N) is 1. The Kier molecular flexibility index (Phi) is 5.21. The number of pyridine rings is 1. The predicted octanol–water partition coefficient (Wildman–Crippen LogP) is 3.50. The summed E-state index contributed by atoms with van der Waals surface area (Å²) >= 11 is 0. The number of nitrogen functional groups attached to an aromatic ring is 1. The molecule has 5 nitrogen and oxygen atoms in total. The number of carbonyl (C=O) groups is 1. The van der Waals surface area contributed by atoms with Gasteiger partial charge in [-0.3, -0.25) is 4.79 Å². The van der Waals surface area contributed by atoms with E-state index in [-0.39, 0.29) is 5.91 Å². The van der Waals surface area contributed by atoms with E-state index in [0.717, 1.165) is 11.3 Å². The van der Waals surface area contributed by atoms with E-state index in [1.807, 2.05) is 19.1 Å². The highest BCUT2D eigenvalue weighted by molar-refractivity contribution is 5.94. The Morgan fingerprint density at radius 2 is 1.96 bits per heavy atom. The third kappa shape index (κ3) is 4.45. The molecular weight excluding hydrogens is 290 g/mol. The van der Waals surface area contributed by atoms with Gasteiger partial charge < -0.3 is 15.8 Å². The molecule has 23 heavy (non-hydrogen) atoms. The van der Waals surface area contributed by atoms with Crippen LogP contribution in [-0.4, -0.2) is 17.0 Å². The molecule has 1 amide bonds. The minimum atomic E-state index is -0.617. The maximum absolute atomic E-state index is 12.2. The summed E-state index contributed by atoms with van der Waals surface area (Å²) in [4.78, 5) is 16.2. The molecule has 0 aliphatic rings. The monoisotopic (exact) mass is 313 g/mol. The molecule has 0 saturated carbocycles. The number of hydrogen-bond acceptors (Lipinski definition) is 4. The molecule has 0 radical (unpaired) electrons. The summed E-state index contributed by atoms with van der Waals surface area (Å²) in [6.07, 6.45) is 0.901. The lowest BCUT2D eigenvalue weighted by molar-refractivity contribution is -0.122. The number of aryl methyl sites for hydroxylation is 1. The molecule has 0 saturated heterocycles. The number of anilines is 2. The quantitative estimate of drug-likeness (QED) is 0.885. The number of carbonyl (C=O) groups excluding carboxylic acids is 1. The number of benzene rings is 1. The van der Waals surface area contributed by atoms with Gasteiger partial charge in [0.1, 0.15) is 11.6 Å². The fourth-order valence-electron chi connectivity index (χ4n) is 2.07. The second-order valence-electron chi connectivity index (χ2n) is 5.90. The van der Waals surface area contributed by atoms with Gasteiger partial charge in [0.05, 0.1) is 11.9 Å². The summed E-state index contributed by atoms with van der Waals surface area (Å²) in [6.45, 7) is 7.94. The van der Waals surface area contributed by atoms with Gasteiger partial charge in [0.15, 0.2) is 6.10 Å². The summed E-state index contributed by atoms with van der Waals surface area (Å²) in [5, 5.41) is 2.76. The predicted molar refractivity (Wildman–Crippen MR) is 92.6 cm³/mol. The molecule has 122 valence electrons. The lowest BCUT2D eigenvalue weighted by Crippen LogP contribution is -2.30. The first-order chi connectivity index (χ1) is 10.9. The molecular formula is C18H23N3O2. The molecule has 0 aliphatic heterocycles. The third-order valence-electron chi connectivity index (χ3n) is 3.61. The van der Waals surface area contributed by atoms with Crippen LogP contribution in [0.1, 0.15) is 37.8 Å². The Balaban J connectivity index is 2.06. The average molecular weight is 313 g/mol. The highest BCUT2D eigenvalue weighted by atomic mass is 16.5. The zero-order chi connectivity index (χ0) is 17.0. The topological polar surface area (TPSA) is 77.2 Å². The number of nitrogens with zero attached hydrogens (tertiary/aromatic N) is 1. The molecule has 3 N–H and O–H groups in total. The lowest BCUT2D eigenvalue weighted by atomic mass is 10.0. The van der Waals surface area contributed by atoms with E-state index >= 15 is 0 Å². The Hall–Kier alpha value is -2.56. The summed E-state index contributed by atoms with van der Waals surface area (Å²) in [5.74, 6) is 1.32. The minimum Gasteiger partial charge on any atom is -0.481 e. The summed E-state index contributed by atoms with van der Waals surface area (Å²) in [6, 6.07) is 9.43.